The van der Waals surface area contributed by atoms with Crippen LogP contribution in [0.25, 0.3) is 11.1 Å². The van der Waals surface area contributed by atoms with E-state index in [2.05, 4.69) is 0 Å². The molecule has 2 aliphatic rings. The number of carbonyl (C=O) groups is 1. The Balaban J connectivity index is 1.68. The maximum Gasteiger partial charge on any atom is 0.248 e. The van der Waals surface area contributed by atoms with Crippen molar-refractivity contribution in [3.8, 4) is 11.1 Å². The molecule has 1 atom stereocenters. The molecule has 0 unspecified atom stereocenters. The maximum absolute atomic E-state index is 14.7. The van der Waals surface area contributed by atoms with Crippen molar-refractivity contribution < 1.29 is 26.4 Å². The highest BCUT2D eigenvalue weighted by Gasteiger charge is 2.42. The van der Waals surface area contributed by atoms with Crippen LogP contribution in [0.5, 0.6) is 0 Å². The number of nitrogens with zero attached hydrogens (tertiary/aromatic N) is 2. The first-order valence-corrected chi connectivity index (χ1v) is 13.1. The average molecular weight is 507 g/mol. The Kier molecular flexibility index (Phi) is 7.11. The Labute approximate surface area is 204 Å². The third kappa shape index (κ3) is 5.16. The van der Waals surface area contributed by atoms with E-state index in [0.29, 0.717) is 0 Å². The third-order valence-electron chi connectivity index (χ3n) is 6.91. The molecule has 1 fully saturated rings. The SMILES string of the molecule is Cc1ccc(S(=O)(=O)N2CC=CC[C@H]2C(=O)N(C)C2CCC(F)(F)CC2)c(-c2ccccc2F)c1. The van der Waals surface area contributed by atoms with E-state index in [-0.39, 0.29) is 60.7 Å². The number of rotatable bonds is 5. The molecule has 1 aliphatic heterocycles. The Bertz CT molecular complexity index is 1240. The van der Waals surface area contributed by atoms with Gasteiger partial charge in [-0.3, -0.25) is 4.79 Å². The Morgan fingerprint density at radius 2 is 1.74 bits per heavy atom. The molecule has 2 aromatic carbocycles. The Morgan fingerprint density at radius 1 is 1.06 bits per heavy atom. The van der Waals surface area contributed by atoms with E-state index in [4.69, 9.17) is 0 Å². The lowest BCUT2D eigenvalue weighted by molar-refractivity contribution is -0.138. The first kappa shape index (κ1) is 25.4. The third-order valence-corrected chi connectivity index (χ3v) is 8.84. The van der Waals surface area contributed by atoms with Crippen LogP contribution in [0, 0.1) is 12.7 Å². The molecular formula is C26H29F3N2O3S. The van der Waals surface area contributed by atoms with Gasteiger partial charge in [0, 0.05) is 43.6 Å². The zero-order valence-corrected chi connectivity index (χ0v) is 20.6. The molecule has 0 aromatic heterocycles. The Hall–Kier alpha value is -2.65. The molecule has 1 heterocycles. The standard InChI is InChI=1S/C26H29F3N2O3S/c1-18-10-11-24(21(17-18)20-7-3-4-8-22(20)27)35(33,34)31-16-6-5-9-23(31)25(32)30(2)19-12-14-26(28,29)15-13-19/h3-8,10-11,17,19,23H,9,12-16H2,1-2H3/t23-/m0/s1. The van der Waals surface area contributed by atoms with Crippen LogP contribution in [0.2, 0.25) is 0 Å². The van der Waals surface area contributed by atoms with Crippen LogP contribution in [0.15, 0.2) is 59.5 Å². The number of aryl methyl sites for hydroxylation is 1. The van der Waals surface area contributed by atoms with Crippen LogP contribution in [-0.4, -0.2) is 55.1 Å². The minimum absolute atomic E-state index is 0.0140. The minimum atomic E-state index is -4.20. The summed E-state index contributed by atoms with van der Waals surface area (Å²) in [6.45, 7) is 1.78. The predicted octanol–water partition coefficient (Wildman–Crippen LogP) is 5.16. The fourth-order valence-corrected chi connectivity index (χ4v) is 6.58. The first-order chi connectivity index (χ1) is 16.5. The van der Waals surface area contributed by atoms with E-state index >= 15 is 0 Å². The molecule has 0 N–H and O–H groups in total. The van der Waals surface area contributed by atoms with Crippen molar-refractivity contribution in [3.05, 3.63) is 66.0 Å². The van der Waals surface area contributed by atoms with Gasteiger partial charge < -0.3 is 4.90 Å². The highest BCUT2D eigenvalue weighted by molar-refractivity contribution is 7.89. The van der Waals surface area contributed by atoms with Crippen LogP contribution in [-0.2, 0) is 14.8 Å². The molecule has 5 nitrogen and oxygen atoms in total. The summed E-state index contributed by atoms with van der Waals surface area (Å²) in [4.78, 5) is 14.8. The van der Waals surface area contributed by atoms with Crippen molar-refractivity contribution in [1.29, 1.82) is 0 Å². The van der Waals surface area contributed by atoms with Gasteiger partial charge in [0.1, 0.15) is 11.9 Å². The van der Waals surface area contributed by atoms with Crippen molar-refractivity contribution >= 4 is 15.9 Å². The van der Waals surface area contributed by atoms with Gasteiger partial charge in [0.2, 0.25) is 21.9 Å². The summed E-state index contributed by atoms with van der Waals surface area (Å²) in [6.07, 6.45) is 3.35. The molecule has 35 heavy (non-hydrogen) atoms. The molecule has 2 aromatic rings. The van der Waals surface area contributed by atoms with Gasteiger partial charge in [-0.15, -0.1) is 0 Å². The van der Waals surface area contributed by atoms with E-state index in [0.717, 1.165) is 9.87 Å². The van der Waals surface area contributed by atoms with Crippen LogP contribution in [0.3, 0.4) is 0 Å². The number of hydrogen-bond acceptors (Lipinski definition) is 3. The van der Waals surface area contributed by atoms with Crippen molar-refractivity contribution in [3.63, 3.8) is 0 Å². The van der Waals surface area contributed by atoms with Crippen LogP contribution >= 0.6 is 0 Å². The van der Waals surface area contributed by atoms with Gasteiger partial charge in [-0.1, -0.05) is 42.0 Å². The van der Waals surface area contributed by atoms with Crippen molar-refractivity contribution in [2.45, 2.75) is 61.9 Å². The lowest BCUT2D eigenvalue weighted by Crippen LogP contribution is -2.54. The van der Waals surface area contributed by atoms with Gasteiger partial charge >= 0.3 is 0 Å². The zero-order valence-electron chi connectivity index (χ0n) is 19.8. The number of hydrogen-bond donors (Lipinski definition) is 0. The summed E-state index contributed by atoms with van der Waals surface area (Å²) in [7, 11) is -2.65. The highest BCUT2D eigenvalue weighted by atomic mass is 32.2. The number of sulfonamides is 1. The fraction of sp³-hybridized carbons (Fsp3) is 0.423. The second-order valence-corrected chi connectivity index (χ2v) is 11.2. The zero-order chi connectivity index (χ0) is 25.4. The molecule has 0 bridgehead atoms. The number of amides is 1. The first-order valence-electron chi connectivity index (χ1n) is 11.7. The van der Waals surface area contributed by atoms with E-state index in [1.807, 2.05) is 0 Å². The second-order valence-electron chi connectivity index (χ2n) is 9.31. The molecule has 0 saturated heterocycles. The van der Waals surface area contributed by atoms with Crippen molar-refractivity contribution in [2.24, 2.45) is 0 Å². The van der Waals surface area contributed by atoms with Crippen molar-refractivity contribution in [2.75, 3.05) is 13.6 Å². The van der Waals surface area contributed by atoms with Gasteiger partial charge in [0.25, 0.3) is 0 Å². The molecule has 1 aliphatic carbocycles. The number of alkyl halides is 2. The van der Waals surface area contributed by atoms with E-state index in [1.54, 1.807) is 44.3 Å². The molecular weight excluding hydrogens is 477 g/mol. The van der Waals surface area contributed by atoms with E-state index in [1.165, 1.54) is 29.2 Å². The molecule has 1 saturated carbocycles. The predicted molar refractivity (Wildman–Crippen MR) is 128 cm³/mol. The van der Waals surface area contributed by atoms with Gasteiger partial charge in [-0.2, -0.15) is 4.31 Å². The van der Waals surface area contributed by atoms with Crippen LogP contribution in [0.1, 0.15) is 37.7 Å². The Morgan fingerprint density at radius 3 is 2.43 bits per heavy atom. The molecule has 188 valence electrons. The summed E-state index contributed by atoms with van der Waals surface area (Å²) < 4.78 is 70.8. The monoisotopic (exact) mass is 506 g/mol. The largest absolute Gasteiger partial charge is 0.341 e. The lowest BCUT2D eigenvalue weighted by atomic mass is 9.91. The minimum Gasteiger partial charge on any atom is -0.341 e. The highest BCUT2D eigenvalue weighted by Crippen LogP contribution is 2.37. The summed E-state index contributed by atoms with van der Waals surface area (Å²) in [5.74, 6) is -3.69. The van der Waals surface area contributed by atoms with Crippen molar-refractivity contribution in [1.82, 2.24) is 9.21 Å². The molecule has 4 rings (SSSR count). The van der Waals surface area contributed by atoms with Gasteiger partial charge in [-0.25, -0.2) is 21.6 Å². The molecule has 1 amide bonds. The van der Waals surface area contributed by atoms with E-state index < -0.39 is 33.7 Å². The van der Waals surface area contributed by atoms with Crippen LogP contribution < -0.4 is 0 Å². The number of likely N-dealkylation sites (N-methyl/N-ethyl adjacent to an activating group) is 1. The summed E-state index contributed by atoms with van der Waals surface area (Å²) in [5, 5.41) is 0. The average Bonchev–Trinajstić information content (AvgIpc) is 2.83. The van der Waals surface area contributed by atoms with Gasteiger partial charge in [0.05, 0.1) is 4.90 Å². The van der Waals surface area contributed by atoms with Gasteiger partial charge in [-0.05, 0) is 44.4 Å². The van der Waals surface area contributed by atoms with Gasteiger partial charge in [0.15, 0.2) is 0 Å². The lowest BCUT2D eigenvalue weighted by Gasteiger charge is -2.39. The van der Waals surface area contributed by atoms with E-state index in [9.17, 15) is 26.4 Å². The number of halogens is 3. The number of carbonyl (C=O) groups excluding carboxylic acids is 1. The topological polar surface area (TPSA) is 57.7 Å². The molecule has 0 radical (unpaired) electrons. The maximum atomic E-state index is 14.7. The number of benzene rings is 2. The molecule has 0 spiro atoms. The summed E-state index contributed by atoms with van der Waals surface area (Å²) >= 11 is 0. The smallest absolute Gasteiger partial charge is 0.248 e. The van der Waals surface area contributed by atoms with Crippen LogP contribution in [0.4, 0.5) is 13.2 Å². The summed E-state index contributed by atoms with van der Waals surface area (Å²) in [6, 6.07) is 9.29. The summed E-state index contributed by atoms with van der Waals surface area (Å²) in [5.41, 5.74) is 1.15. The molecule has 9 heteroatoms. The quantitative estimate of drug-likeness (QED) is 0.527. The normalized spacial score (nSPS) is 21.1. The second kappa shape index (κ2) is 9.78. The fourth-order valence-electron chi connectivity index (χ4n) is 4.85.